The van der Waals surface area contributed by atoms with Crippen LogP contribution in [0.4, 0.5) is 5.82 Å². The van der Waals surface area contributed by atoms with E-state index in [4.69, 9.17) is 10.9 Å². The van der Waals surface area contributed by atoms with Crippen molar-refractivity contribution in [3.8, 4) is 0 Å². The zero-order valence-electron chi connectivity index (χ0n) is 8.07. The van der Waals surface area contributed by atoms with Crippen molar-refractivity contribution in [1.82, 2.24) is 4.98 Å². The van der Waals surface area contributed by atoms with Crippen LogP contribution in [-0.2, 0) is 0 Å². The van der Waals surface area contributed by atoms with Crippen LogP contribution in [0.5, 0.6) is 0 Å². The molecule has 4 N–H and O–H groups in total. The summed E-state index contributed by atoms with van der Waals surface area (Å²) >= 11 is 0. The second-order valence-corrected chi connectivity index (χ2v) is 2.84. The van der Waals surface area contributed by atoms with E-state index in [1.54, 1.807) is 18.3 Å². The predicted molar refractivity (Wildman–Crippen MR) is 55.5 cm³/mol. The molecule has 0 saturated carbocycles. The second-order valence-electron chi connectivity index (χ2n) is 2.84. The van der Waals surface area contributed by atoms with Crippen molar-refractivity contribution in [2.45, 2.75) is 13.3 Å². The molecule has 1 aromatic heterocycles. The van der Waals surface area contributed by atoms with E-state index < -0.39 is 0 Å². The molecule has 1 rings (SSSR count). The molecule has 0 spiro atoms. The van der Waals surface area contributed by atoms with Crippen LogP contribution in [0.3, 0.4) is 0 Å². The fourth-order valence-electron chi connectivity index (χ4n) is 0.961. The quantitative estimate of drug-likeness (QED) is 0.289. The van der Waals surface area contributed by atoms with Crippen molar-refractivity contribution in [1.29, 1.82) is 0 Å². The third-order valence-electron chi connectivity index (χ3n) is 1.72. The van der Waals surface area contributed by atoms with Crippen LogP contribution >= 0.6 is 0 Å². The first-order valence-electron chi connectivity index (χ1n) is 4.45. The van der Waals surface area contributed by atoms with Crippen molar-refractivity contribution in [3.63, 3.8) is 0 Å². The molecule has 0 bridgehead atoms. The van der Waals surface area contributed by atoms with Crippen LogP contribution in [0, 0.1) is 0 Å². The number of amidine groups is 1. The third kappa shape index (κ3) is 2.62. The van der Waals surface area contributed by atoms with Gasteiger partial charge in [-0.1, -0.05) is 12.1 Å². The topological polar surface area (TPSA) is 83.5 Å². The molecule has 1 aromatic rings. The molecule has 1 heterocycles. The Morgan fingerprint density at radius 1 is 1.64 bits per heavy atom. The lowest BCUT2D eigenvalue weighted by atomic mass is 10.2. The minimum Gasteiger partial charge on any atom is -0.409 e. The maximum absolute atomic E-state index is 8.42. The highest BCUT2D eigenvalue weighted by Crippen LogP contribution is 2.04. The summed E-state index contributed by atoms with van der Waals surface area (Å²) in [5.74, 6) is 0.862. The fourth-order valence-corrected chi connectivity index (χ4v) is 0.961. The Kier molecular flexibility index (Phi) is 3.72. The molecule has 0 radical (unpaired) electrons. The summed E-state index contributed by atoms with van der Waals surface area (Å²) in [6.07, 6.45) is 2.61. The average Bonchev–Trinajstić information content (AvgIpc) is 2.26. The summed E-state index contributed by atoms with van der Waals surface area (Å²) in [4.78, 5) is 4.10. The van der Waals surface area contributed by atoms with Crippen molar-refractivity contribution < 1.29 is 5.21 Å². The van der Waals surface area contributed by atoms with Crippen LogP contribution in [0.15, 0.2) is 23.5 Å². The van der Waals surface area contributed by atoms with E-state index in [0.29, 0.717) is 5.56 Å². The lowest BCUT2D eigenvalue weighted by Crippen LogP contribution is -2.13. The number of hydrogen-bond acceptors (Lipinski definition) is 4. The highest BCUT2D eigenvalue weighted by Gasteiger charge is 1.99. The molecule has 0 aliphatic heterocycles. The largest absolute Gasteiger partial charge is 0.409 e. The Balaban J connectivity index is 2.68. The smallest absolute Gasteiger partial charge is 0.171 e. The first-order chi connectivity index (χ1) is 6.77. The number of pyridine rings is 1. The van der Waals surface area contributed by atoms with Crippen LogP contribution < -0.4 is 11.1 Å². The molecule has 0 atom stereocenters. The molecular formula is C9H14N4O. The highest BCUT2D eigenvalue weighted by atomic mass is 16.4. The monoisotopic (exact) mass is 194 g/mol. The van der Waals surface area contributed by atoms with E-state index >= 15 is 0 Å². The number of oxime groups is 1. The van der Waals surface area contributed by atoms with E-state index in [1.807, 2.05) is 0 Å². The number of nitrogens with zero attached hydrogens (tertiary/aromatic N) is 2. The number of nitrogens with two attached hydrogens (primary N) is 1. The minimum atomic E-state index is 0.0690. The van der Waals surface area contributed by atoms with Crippen LogP contribution in [0.2, 0.25) is 0 Å². The minimum absolute atomic E-state index is 0.0690. The van der Waals surface area contributed by atoms with Gasteiger partial charge in [0.1, 0.15) is 5.82 Å². The Morgan fingerprint density at radius 2 is 2.43 bits per heavy atom. The Hall–Kier alpha value is -1.78. The van der Waals surface area contributed by atoms with Gasteiger partial charge in [0.05, 0.1) is 0 Å². The van der Waals surface area contributed by atoms with Crippen molar-refractivity contribution in [2.24, 2.45) is 10.9 Å². The summed E-state index contributed by atoms with van der Waals surface area (Å²) in [5.41, 5.74) is 5.99. The molecule has 14 heavy (non-hydrogen) atoms. The maximum atomic E-state index is 8.42. The van der Waals surface area contributed by atoms with Crippen LogP contribution in [0.1, 0.15) is 18.9 Å². The number of hydrogen-bond donors (Lipinski definition) is 3. The number of nitrogens with one attached hydrogen (secondary N) is 1. The normalized spacial score (nSPS) is 11.4. The predicted octanol–water partition coefficient (Wildman–Crippen LogP) is 0.998. The van der Waals surface area contributed by atoms with Gasteiger partial charge in [0.25, 0.3) is 0 Å². The second kappa shape index (κ2) is 5.06. The number of anilines is 1. The highest BCUT2D eigenvalue weighted by molar-refractivity contribution is 5.96. The molecule has 0 saturated heterocycles. The molecule has 5 heteroatoms. The van der Waals surface area contributed by atoms with Crippen molar-refractivity contribution in [2.75, 3.05) is 11.9 Å². The molecule has 5 nitrogen and oxygen atoms in total. The molecule has 0 unspecified atom stereocenters. The van der Waals surface area contributed by atoms with Gasteiger partial charge in [-0.2, -0.15) is 0 Å². The standard InChI is InChI=1S/C9H14N4O/c1-2-5-11-8-4-3-7(6-12-8)9(10)13-14/h3-4,6,14H,2,5H2,1H3,(H2,10,13)(H,11,12). The summed E-state index contributed by atoms with van der Waals surface area (Å²) in [6, 6.07) is 3.54. The van der Waals surface area contributed by atoms with Gasteiger partial charge >= 0.3 is 0 Å². The van der Waals surface area contributed by atoms with Gasteiger partial charge < -0.3 is 16.3 Å². The maximum Gasteiger partial charge on any atom is 0.171 e. The first kappa shape index (κ1) is 10.3. The third-order valence-corrected chi connectivity index (χ3v) is 1.72. The summed E-state index contributed by atoms with van der Waals surface area (Å²) in [7, 11) is 0. The summed E-state index contributed by atoms with van der Waals surface area (Å²) in [6.45, 7) is 2.97. The zero-order valence-corrected chi connectivity index (χ0v) is 8.07. The number of aromatic nitrogens is 1. The molecule has 0 aliphatic carbocycles. The molecule has 76 valence electrons. The Labute approximate surface area is 82.6 Å². The van der Waals surface area contributed by atoms with E-state index in [-0.39, 0.29) is 5.84 Å². The fraction of sp³-hybridized carbons (Fsp3) is 0.333. The van der Waals surface area contributed by atoms with Crippen molar-refractivity contribution >= 4 is 11.7 Å². The average molecular weight is 194 g/mol. The van der Waals surface area contributed by atoms with Crippen molar-refractivity contribution in [3.05, 3.63) is 23.9 Å². The van der Waals surface area contributed by atoms with Gasteiger partial charge in [-0.3, -0.25) is 0 Å². The van der Waals surface area contributed by atoms with E-state index in [1.165, 1.54) is 0 Å². The molecule has 0 aliphatic rings. The lowest BCUT2D eigenvalue weighted by molar-refractivity contribution is 0.318. The van der Waals surface area contributed by atoms with Gasteiger partial charge in [0.2, 0.25) is 0 Å². The van der Waals surface area contributed by atoms with E-state index in [9.17, 15) is 0 Å². The van der Waals surface area contributed by atoms with Crippen LogP contribution in [0.25, 0.3) is 0 Å². The summed E-state index contributed by atoms with van der Waals surface area (Å²) < 4.78 is 0. The van der Waals surface area contributed by atoms with Gasteiger partial charge in [0.15, 0.2) is 5.84 Å². The van der Waals surface area contributed by atoms with Crippen LogP contribution in [-0.4, -0.2) is 22.6 Å². The SMILES string of the molecule is CCCNc1ccc(C(N)=NO)cn1. The Morgan fingerprint density at radius 3 is 2.93 bits per heavy atom. The lowest BCUT2D eigenvalue weighted by Gasteiger charge is -2.03. The Bertz CT molecular complexity index is 307. The van der Waals surface area contributed by atoms with E-state index in [0.717, 1.165) is 18.8 Å². The molecule has 0 fully saturated rings. The first-order valence-corrected chi connectivity index (χ1v) is 4.45. The molecular weight excluding hydrogens is 180 g/mol. The summed E-state index contributed by atoms with van der Waals surface area (Å²) in [5, 5.41) is 14.4. The van der Waals surface area contributed by atoms with Gasteiger partial charge in [-0.05, 0) is 18.6 Å². The van der Waals surface area contributed by atoms with E-state index in [2.05, 4.69) is 22.4 Å². The van der Waals surface area contributed by atoms with Gasteiger partial charge in [-0.25, -0.2) is 4.98 Å². The van der Waals surface area contributed by atoms with Gasteiger partial charge in [0, 0.05) is 18.3 Å². The zero-order chi connectivity index (χ0) is 10.4. The number of rotatable bonds is 4. The molecule has 0 aromatic carbocycles. The van der Waals surface area contributed by atoms with Gasteiger partial charge in [-0.15, -0.1) is 0 Å². The molecule has 0 amide bonds.